The maximum Gasteiger partial charge on any atom is 0.328 e. The molecule has 0 radical (unpaired) electrons. The number of piperidine rings is 2. The molecule has 57 heavy (non-hydrogen) atoms. The summed E-state index contributed by atoms with van der Waals surface area (Å²) in [6.45, 7) is 0.554. The van der Waals surface area contributed by atoms with Gasteiger partial charge in [-0.15, -0.1) is 0 Å². The molecule has 2 saturated heterocycles. The lowest BCUT2D eigenvalue weighted by Gasteiger charge is -2.32. The van der Waals surface area contributed by atoms with Crippen molar-refractivity contribution in [1.29, 1.82) is 0 Å². The second-order valence-corrected chi connectivity index (χ2v) is 13.8. The molecule has 2 unspecified atom stereocenters. The monoisotopic (exact) mass is 808 g/mol. The van der Waals surface area contributed by atoms with E-state index in [9.17, 15) is 38.4 Å². The van der Waals surface area contributed by atoms with E-state index in [0.29, 0.717) is 70.9 Å². The first-order chi connectivity index (χ1) is 27.1. The van der Waals surface area contributed by atoms with Crippen LogP contribution in [0.1, 0.15) is 83.5 Å². The highest BCUT2D eigenvalue weighted by Crippen LogP contribution is 2.15. The molecule has 0 bridgehead atoms. The van der Waals surface area contributed by atoms with Crippen LogP contribution in [0.5, 0.6) is 0 Å². The summed E-state index contributed by atoms with van der Waals surface area (Å²) < 4.78 is 9.55. The van der Waals surface area contributed by atoms with E-state index in [-0.39, 0.29) is 75.6 Å². The Bertz CT molecular complexity index is 1360. The maximum absolute atomic E-state index is 13.1. The molecule has 2 aliphatic heterocycles. The summed E-state index contributed by atoms with van der Waals surface area (Å²) in [7, 11) is 2.40. The van der Waals surface area contributed by atoms with E-state index in [2.05, 4.69) is 31.3 Å². The van der Waals surface area contributed by atoms with Crippen molar-refractivity contribution in [2.24, 2.45) is 32.9 Å². The predicted molar refractivity (Wildman–Crippen MR) is 206 cm³/mol. The summed E-state index contributed by atoms with van der Waals surface area (Å²) >= 11 is 0. The summed E-state index contributed by atoms with van der Waals surface area (Å²) in [6.07, 6.45) is 4.89. The number of aliphatic imine (C=N–C) groups is 2. The molecule has 2 aliphatic rings. The number of likely N-dealkylation sites (tertiary alicyclic amines) is 2. The zero-order valence-corrected chi connectivity index (χ0v) is 32.9. The summed E-state index contributed by atoms with van der Waals surface area (Å²) in [5, 5.41) is 10.7. The lowest BCUT2D eigenvalue weighted by atomic mass is 10.0. The molecule has 12 N–H and O–H groups in total. The van der Waals surface area contributed by atoms with Crippen LogP contribution in [0.4, 0.5) is 0 Å². The van der Waals surface area contributed by atoms with E-state index in [1.807, 2.05) is 0 Å². The van der Waals surface area contributed by atoms with Crippen molar-refractivity contribution >= 4 is 59.3 Å². The Balaban J connectivity index is 1.72. The van der Waals surface area contributed by atoms with Gasteiger partial charge in [0.15, 0.2) is 11.9 Å². The van der Waals surface area contributed by atoms with E-state index < -0.39 is 59.7 Å². The zero-order chi connectivity index (χ0) is 42.3. The molecule has 0 aromatic rings. The van der Waals surface area contributed by atoms with Gasteiger partial charge < -0.3 is 63.5 Å². The highest BCUT2D eigenvalue weighted by molar-refractivity contribution is 5.93. The molecule has 2 rings (SSSR count). The van der Waals surface area contributed by atoms with Crippen LogP contribution < -0.4 is 44.2 Å². The number of nitrogens with two attached hydrogens (primary N) is 4. The molecule has 0 saturated carbocycles. The van der Waals surface area contributed by atoms with Crippen molar-refractivity contribution in [3.05, 3.63) is 0 Å². The number of ether oxygens (including phenoxy) is 2. The number of hydrogen-bond donors (Lipinski definition) is 8. The summed E-state index contributed by atoms with van der Waals surface area (Å²) in [6, 6.07) is -3.48. The predicted octanol–water partition coefficient (Wildman–Crippen LogP) is -3.43. The number of hydrogen-bond acceptors (Lipinski definition) is 12. The maximum atomic E-state index is 13.1. The van der Waals surface area contributed by atoms with E-state index in [1.165, 1.54) is 24.0 Å². The Morgan fingerprint density at radius 1 is 0.632 bits per heavy atom. The van der Waals surface area contributed by atoms with Crippen molar-refractivity contribution in [3.63, 3.8) is 0 Å². The van der Waals surface area contributed by atoms with Crippen molar-refractivity contribution in [1.82, 2.24) is 31.1 Å². The number of carbonyl (C=O) groups is 8. The minimum atomic E-state index is -0.945. The normalized spacial score (nSPS) is 17.6. The lowest BCUT2D eigenvalue weighted by Crippen LogP contribution is -2.55. The van der Waals surface area contributed by atoms with Gasteiger partial charge in [-0.25, -0.2) is 9.59 Å². The van der Waals surface area contributed by atoms with Gasteiger partial charge in [-0.1, -0.05) is 6.42 Å². The van der Waals surface area contributed by atoms with E-state index >= 15 is 0 Å². The number of amides is 6. The number of carbonyl (C=O) groups excluding carboxylic acids is 8. The average molecular weight is 809 g/mol. The minimum Gasteiger partial charge on any atom is -0.467 e. The molecule has 0 aromatic heterocycles. The van der Waals surface area contributed by atoms with Gasteiger partial charge in [-0.3, -0.25) is 38.8 Å². The standard InChI is InChI=1S/C35H60N12O10/c1-56-32(54)24(10-6-16-40-34(36)37)44-28(50)20-46-18-8-12-22(30(46)52)42-26(48)14-4-3-5-15-27(49)43-23-13-9-19-47(31(23)53)21-29(51)45-25(33(55)57-2)11-7-17-41-35(38)39/h22-25H,3-21H2,1-2H3,(H,42,48)(H,43,49)(H,44,50)(H,45,51)(H4,36,37,40)(H4,38,39,41)/t22?,23?,24-,25-/m0/s1. The molecule has 0 spiro atoms. The van der Waals surface area contributed by atoms with Crippen molar-refractivity contribution in [2.45, 2.75) is 108 Å². The third-order valence-electron chi connectivity index (χ3n) is 9.24. The number of rotatable bonds is 24. The fourth-order valence-electron chi connectivity index (χ4n) is 6.36. The molecule has 320 valence electrons. The second kappa shape index (κ2) is 25.5. The van der Waals surface area contributed by atoms with E-state index in [0.717, 1.165) is 0 Å². The molecule has 4 atom stereocenters. The van der Waals surface area contributed by atoms with Crippen LogP contribution in [0.15, 0.2) is 9.98 Å². The number of nitrogens with one attached hydrogen (secondary N) is 4. The molecule has 0 aromatic carbocycles. The van der Waals surface area contributed by atoms with Crippen molar-refractivity contribution in [2.75, 3.05) is 53.5 Å². The number of esters is 2. The van der Waals surface area contributed by atoms with Crippen LogP contribution in [-0.4, -0.2) is 147 Å². The van der Waals surface area contributed by atoms with Gasteiger partial charge in [0, 0.05) is 39.0 Å². The van der Waals surface area contributed by atoms with Crippen molar-refractivity contribution < 1.29 is 47.8 Å². The van der Waals surface area contributed by atoms with Crippen LogP contribution in [0, 0.1) is 0 Å². The topological polar surface area (TPSA) is 338 Å². The van der Waals surface area contributed by atoms with E-state index in [1.54, 1.807) is 0 Å². The Morgan fingerprint density at radius 3 is 1.37 bits per heavy atom. The van der Waals surface area contributed by atoms with Crippen LogP contribution in [-0.2, 0) is 47.8 Å². The first kappa shape index (κ1) is 47.5. The van der Waals surface area contributed by atoms with Gasteiger partial charge in [0.05, 0.1) is 27.3 Å². The van der Waals surface area contributed by atoms with Gasteiger partial charge in [0.25, 0.3) is 0 Å². The van der Waals surface area contributed by atoms with Gasteiger partial charge >= 0.3 is 11.9 Å². The quantitative estimate of drug-likeness (QED) is 0.0204. The van der Waals surface area contributed by atoms with Crippen LogP contribution >= 0.6 is 0 Å². The molecular formula is C35H60N12O10. The van der Waals surface area contributed by atoms with Gasteiger partial charge in [-0.05, 0) is 64.2 Å². The first-order valence-electron chi connectivity index (χ1n) is 19.2. The Labute approximate surface area is 332 Å². The summed E-state index contributed by atoms with van der Waals surface area (Å²) in [5.74, 6) is -4.04. The Kier molecular flexibility index (Phi) is 21.2. The molecule has 0 aliphatic carbocycles. The number of methoxy groups -OCH3 is 2. The molecule has 22 heteroatoms. The molecule has 2 fully saturated rings. The van der Waals surface area contributed by atoms with Crippen LogP contribution in [0.25, 0.3) is 0 Å². The summed E-state index contributed by atoms with van der Waals surface area (Å²) in [5.41, 5.74) is 21.2. The summed E-state index contributed by atoms with van der Waals surface area (Å²) in [4.78, 5) is 112. The fraction of sp³-hybridized carbons (Fsp3) is 0.714. The van der Waals surface area contributed by atoms with Crippen LogP contribution in [0.2, 0.25) is 0 Å². The molecule has 6 amide bonds. The van der Waals surface area contributed by atoms with Gasteiger partial charge in [0.1, 0.15) is 24.2 Å². The smallest absolute Gasteiger partial charge is 0.328 e. The van der Waals surface area contributed by atoms with Crippen molar-refractivity contribution in [3.8, 4) is 0 Å². The number of guanidine groups is 2. The van der Waals surface area contributed by atoms with Gasteiger partial charge in [-0.2, -0.15) is 0 Å². The number of nitrogens with zero attached hydrogens (tertiary/aromatic N) is 4. The highest BCUT2D eigenvalue weighted by Gasteiger charge is 2.33. The average Bonchev–Trinajstić information content (AvgIpc) is 3.16. The zero-order valence-electron chi connectivity index (χ0n) is 32.9. The third kappa shape index (κ3) is 18.2. The van der Waals surface area contributed by atoms with Gasteiger partial charge in [0.2, 0.25) is 35.4 Å². The second-order valence-electron chi connectivity index (χ2n) is 13.8. The molecule has 2 heterocycles. The Morgan fingerprint density at radius 2 is 1.02 bits per heavy atom. The number of unbranched alkanes of at least 4 members (excludes halogenated alkanes) is 2. The minimum absolute atomic E-state index is 0.0887. The largest absolute Gasteiger partial charge is 0.467 e. The molecular weight excluding hydrogens is 748 g/mol. The first-order valence-corrected chi connectivity index (χ1v) is 19.2. The SMILES string of the molecule is COC(=O)[C@H](CCCN=C(N)N)NC(=O)CN1CCCC(NC(=O)CCCCCC(=O)NC2CCCN(CC(=O)N[C@@H](CCCN=C(N)N)C(=O)OC)C2=O)C1=O. The Hall–Kier alpha value is -5.70. The highest BCUT2D eigenvalue weighted by atomic mass is 16.5. The fourth-order valence-corrected chi connectivity index (χ4v) is 6.36. The molecule has 22 nitrogen and oxygen atoms in total. The lowest BCUT2D eigenvalue weighted by molar-refractivity contribution is -0.146. The van der Waals surface area contributed by atoms with Crippen LogP contribution in [0.3, 0.4) is 0 Å². The van der Waals surface area contributed by atoms with E-state index in [4.69, 9.17) is 32.4 Å². The third-order valence-corrected chi connectivity index (χ3v) is 9.24.